The van der Waals surface area contributed by atoms with Crippen LogP contribution in [-0.4, -0.2) is 96.7 Å². The Balaban J connectivity index is 5.19. The molecule has 97 heavy (non-hydrogen) atoms. The van der Waals surface area contributed by atoms with E-state index in [2.05, 4.69) is 41.5 Å². The van der Waals surface area contributed by atoms with Crippen LogP contribution < -0.4 is 0 Å². The zero-order chi connectivity index (χ0) is 71.4. The quantitative estimate of drug-likeness (QED) is 0.0222. The molecule has 0 aromatic carbocycles. The molecule has 0 rings (SSSR count). The van der Waals surface area contributed by atoms with Crippen molar-refractivity contribution >= 4 is 39.5 Å². The molecule has 0 aliphatic carbocycles. The molecule has 6 atom stereocenters. The van der Waals surface area contributed by atoms with Crippen LogP contribution in [-0.2, 0) is 65.4 Å². The fraction of sp³-hybridized carbons (Fsp3) is 0.949. The Labute approximate surface area is 594 Å². The molecule has 0 aromatic heterocycles. The molecular formula is C78H152O17P2. The summed E-state index contributed by atoms with van der Waals surface area (Å²) in [7, 11) is -9.91. The first-order valence-corrected chi connectivity index (χ1v) is 43.5. The van der Waals surface area contributed by atoms with E-state index in [1.807, 2.05) is 0 Å². The van der Waals surface area contributed by atoms with Crippen molar-refractivity contribution in [3.8, 4) is 0 Å². The molecule has 0 aromatic rings. The highest BCUT2D eigenvalue weighted by atomic mass is 31.2. The number of hydrogen-bond donors (Lipinski definition) is 3. The van der Waals surface area contributed by atoms with Crippen molar-refractivity contribution in [1.82, 2.24) is 0 Å². The van der Waals surface area contributed by atoms with Gasteiger partial charge >= 0.3 is 39.5 Å². The second-order valence-corrected chi connectivity index (χ2v) is 31.7. The van der Waals surface area contributed by atoms with Crippen LogP contribution >= 0.6 is 15.6 Å². The van der Waals surface area contributed by atoms with E-state index in [0.29, 0.717) is 25.7 Å². The minimum Gasteiger partial charge on any atom is -0.462 e. The molecule has 0 amide bonds. The second-order valence-electron chi connectivity index (χ2n) is 28.8. The van der Waals surface area contributed by atoms with Crippen LogP contribution in [0.3, 0.4) is 0 Å². The maximum atomic E-state index is 13.1. The topological polar surface area (TPSA) is 237 Å². The average Bonchev–Trinajstić information content (AvgIpc) is 1.29. The van der Waals surface area contributed by atoms with Crippen LogP contribution in [0.15, 0.2) is 0 Å². The van der Waals surface area contributed by atoms with Crippen molar-refractivity contribution < 1.29 is 80.2 Å². The predicted molar refractivity (Wildman–Crippen MR) is 395 cm³/mol. The molecule has 0 spiro atoms. The molecule has 0 aliphatic rings. The van der Waals surface area contributed by atoms with E-state index in [1.165, 1.54) is 212 Å². The van der Waals surface area contributed by atoms with Crippen LogP contribution in [0.5, 0.6) is 0 Å². The molecule has 0 fully saturated rings. The molecule has 0 saturated heterocycles. The second kappa shape index (κ2) is 69.8. The zero-order valence-electron chi connectivity index (χ0n) is 63.4. The van der Waals surface area contributed by atoms with E-state index < -0.39 is 97.5 Å². The fourth-order valence-corrected chi connectivity index (χ4v) is 13.6. The smallest absolute Gasteiger partial charge is 0.462 e. The maximum absolute atomic E-state index is 13.1. The molecule has 19 heteroatoms. The van der Waals surface area contributed by atoms with Gasteiger partial charge in [0.1, 0.15) is 19.3 Å². The van der Waals surface area contributed by atoms with E-state index >= 15 is 0 Å². The number of carbonyl (C=O) groups is 4. The molecule has 0 aliphatic heterocycles. The van der Waals surface area contributed by atoms with Crippen molar-refractivity contribution in [1.29, 1.82) is 0 Å². The molecule has 17 nitrogen and oxygen atoms in total. The molecule has 0 heterocycles. The van der Waals surface area contributed by atoms with Gasteiger partial charge in [0.2, 0.25) is 0 Å². The lowest BCUT2D eigenvalue weighted by Gasteiger charge is -2.21. The van der Waals surface area contributed by atoms with E-state index in [0.717, 1.165) is 115 Å². The Bertz CT molecular complexity index is 1870. The van der Waals surface area contributed by atoms with Gasteiger partial charge in [-0.3, -0.25) is 37.3 Å². The Kier molecular flexibility index (Phi) is 68.4. The highest BCUT2D eigenvalue weighted by molar-refractivity contribution is 7.47. The fourth-order valence-electron chi connectivity index (χ4n) is 12.0. The molecule has 0 radical (unpaired) electrons. The van der Waals surface area contributed by atoms with Crippen LogP contribution in [0.4, 0.5) is 0 Å². The average molecular weight is 1420 g/mol. The van der Waals surface area contributed by atoms with E-state index in [1.54, 1.807) is 0 Å². The summed E-state index contributed by atoms with van der Waals surface area (Å²) >= 11 is 0. The molecule has 3 N–H and O–H groups in total. The summed E-state index contributed by atoms with van der Waals surface area (Å²) in [6.07, 6.45) is 58.4. The first-order chi connectivity index (χ1) is 46.9. The number of hydrogen-bond acceptors (Lipinski definition) is 15. The van der Waals surface area contributed by atoms with Gasteiger partial charge in [0, 0.05) is 25.7 Å². The van der Waals surface area contributed by atoms with Crippen LogP contribution in [0.1, 0.15) is 408 Å². The number of phosphoric acid groups is 2. The largest absolute Gasteiger partial charge is 0.472 e. The van der Waals surface area contributed by atoms with Crippen LogP contribution in [0.2, 0.25) is 0 Å². The minimum absolute atomic E-state index is 0.106. The molecule has 0 bridgehead atoms. The number of ether oxygens (including phenoxy) is 4. The number of phosphoric ester groups is 2. The van der Waals surface area contributed by atoms with Crippen molar-refractivity contribution in [2.24, 2.45) is 11.8 Å². The van der Waals surface area contributed by atoms with Crippen LogP contribution in [0, 0.1) is 11.8 Å². The van der Waals surface area contributed by atoms with Gasteiger partial charge in [-0.2, -0.15) is 0 Å². The SMILES string of the molecule is CCCCCCCCCCCCCCCCCCCCCC(=O)O[C@H](COC(=O)CCCCCCCCCCCCCCCCC(C)C)COP(=O)(O)OC[C@@H](O)COP(=O)(O)OC[C@@H](COC(=O)CCCCCCCCC)OC(=O)CCCCCCCCCCCCC(C)CC. The third-order valence-electron chi connectivity index (χ3n) is 18.6. The Hall–Kier alpha value is -1.94. The molecular weight excluding hydrogens is 1270 g/mol. The van der Waals surface area contributed by atoms with E-state index in [9.17, 15) is 43.2 Å². The summed E-state index contributed by atoms with van der Waals surface area (Å²) in [5.41, 5.74) is 0. The van der Waals surface area contributed by atoms with Crippen molar-refractivity contribution in [3.63, 3.8) is 0 Å². The molecule has 3 unspecified atom stereocenters. The molecule has 0 saturated carbocycles. The predicted octanol–water partition coefficient (Wildman–Crippen LogP) is 23.1. The summed E-state index contributed by atoms with van der Waals surface area (Å²) < 4.78 is 68.5. The summed E-state index contributed by atoms with van der Waals surface area (Å²) in [4.78, 5) is 72.8. The van der Waals surface area contributed by atoms with Gasteiger partial charge in [-0.1, -0.05) is 356 Å². The van der Waals surface area contributed by atoms with Crippen molar-refractivity contribution in [3.05, 3.63) is 0 Å². The van der Waals surface area contributed by atoms with Gasteiger partial charge in [0.15, 0.2) is 12.2 Å². The van der Waals surface area contributed by atoms with Gasteiger partial charge in [0.25, 0.3) is 0 Å². The van der Waals surface area contributed by atoms with E-state index in [4.69, 9.17) is 37.0 Å². The number of esters is 4. The highest BCUT2D eigenvalue weighted by Crippen LogP contribution is 2.45. The first-order valence-electron chi connectivity index (χ1n) is 40.5. The summed E-state index contributed by atoms with van der Waals surface area (Å²) in [6, 6.07) is 0. The van der Waals surface area contributed by atoms with Gasteiger partial charge in [-0.15, -0.1) is 0 Å². The Morgan fingerprint density at radius 1 is 0.299 bits per heavy atom. The summed E-state index contributed by atoms with van der Waals surface area (Å²) in [5, 5.41) is 10.6. The standard InChI is InChI=1S/C78H152O17P2/c1-7-10-12-14-16-17-18-19-20-21-22-23-24-29-32-38-44-50-56-62-77(82)95-74(67-89-76(81)61-55-49-43-37-31-28-26-25-27-30-35-41-46-52-58-70(4)5)69-93-97(86,87)91-65-72(79)64-90-96(84,85)92-68-73(66-88-75(80)60-54-48-40-15-13-11-8-2)94-78(83)63-57-51-45-39-34-33-36-42-47-53-59-71(6)9-3/h70-74,79H,7-69H2,1-6H3,(H,84,85)(H,86,87)/t71?,72-,73+,74+/m0/s1. The first kappa shape index (κ1) is 95.1. The molecule has 576 valence electrons. The third-order valence-corrected chi connectivity index (χ3v) is 20.5. The number of aliphatic hydroxyl groups excluding tert-OH is 1. The lowest BCUT2D eigenvalue weighted by atomic mass is 9.99. The Morgan fingerprint density at radius 2 is 0.526 bits per heavy atom. The lowest BCUT2D eigenvalue weighted by molar-refractivity contribution is -0.161. The van der Waals surface area contributed by atoms with Crippen molar-refractivity contribution in [2.45, 2.75) is 426 Å². The normalized spacial score (nSPS) is 14.2. The van der Waals surface area contributed by atoms with E-state index in [-0.39, 0.29) is 25.7 Å². The lowest BCUT2D eigenvalue weighted by Crippen LogP contribution is -2.30. The van der Waals surface area contributed by atoms with Gasteiger partial charge in [0.05, 0.1) is 26.4 Å². The number of rotatable bonds is 77. The van der Waals surface area contributed by atoms with Crippen LogP contribution in [0.25, 0.3) is 0 Å². The van der Waals surface area contributed by atoms with Gasteiger partial charge < -0.3 is 33.8 Å². The van der Waals surface area contributed by atoms with Gasteiger partial charge in [-0.05, 0) is 37.5 Å². The summed E-state index contributed by atoms with van der Waals surface area (Å²) in [5.74, 6) is -0.515. The van der Waals surface area contributed by atoms with Crippen molar-refractivity contribution in [2.75, 3.05) is 39.6 Å². The highest BCUT2D eigenvalue weighted by Gasteiger charge is 2.30. The monoisotopic (exact) mass is 1420 g/mol. The zero-order valence-corrected chi connectivity index (χ0v) is 65.2. The number of aliphatic hydroxyl groups is 1. The maximum Gasteiger partial charge on any atom is 0.472 e. The Morgan fingerprint density at radius 3 is 0.784 bits per heavy atom. The third kappa shape index (κ3) is 70.9. The van der Waals surface area contributed by atoms with Gasteiger partial charge in [-0.25, -0.2) is 9.13 Å². The minimum atomic E-state index is -4.96. The number of unbranched alkanes of at least 4 members (excludes halogenated alkanes) is 46. The number of carbonyl (C=O) groups excluding carboxylic acids is 4. The summed E-state index contributed by atoms with van der Waals surface area (Å²) in [6.45, 7) is 9.62.